The Morgan fingerprint density at radius 2 is 1.75 bits per heavy atom. The van der Waals surface area contributed by atoms with Gasteiger partial charge in [-0.05, 0) is 36.6 Å². The van der Waals surface area contributed by atoms with Crippen LogP contribution in [0.1, 0.15) is 24.0 Å². The Bertz CT molecular complexity index is 618. The van der Waals surface area contributed by atoms with Crippen molar-refractivity contribution >= 4 is 18.0 Å². The van der Waals surface area contributed by atoms with E-state index in [4.69, 9.17) is 5.73 Å². The molecular formula is C16H18F3N3O2. The average Bonchev–Trinajstić information content (AvgIpc) is 2.53. The van der Waals surface area contributed by atoms with E-state index in [0.717, 1.165) is 12.1 Å². The number of likely N-dealkylation sites (tertiary alicyclic amines) is 1. The van der Waals surface area contributed by atoms with Crippen molar-refractivity contribution in [2.75, 3.05) is 13.1 Å². The number of carbonyl (C=O) groups is 2. The quantitative estimate of drug-likeness (QED) is 0.828. The molecule has 0 spiro atoms. The monoisotopic (exact) mass is 341 g/mol. The standard InChI is InChI=1S/C16H18F3N3O2/c17-16(18,19)12-4-1-11(2-5-12)3-6-14(23)21-13-7-9-22(10-8-13)15(20)24/h1-6,13H,7-10H2,(H2,20,24)(H,21,23)/b6-3+. The fourth-order valence-corrected chi connectivity index (χ4v) is 2.45. The van der Waals surface area contributed by atoms with Crippen molar-refractivity contribution in [1.82, 2.24) is 10.2 Å². The van der Waals surface area contributed by atoms with Crippen LogP contribution in [0.15, 0.2) is 30.3 Å². The number of rotatable bonds is 3. The first-order valence-electron chi connectivity index (χ1n) is 7.46. The SMILES string of the molecule is NC(=O)N1CCC(NC(=O)/C=C/c2ccc(C(F)(F)F)cc2)CC1. The Morgan fingerprint density at radius 1 is 1.17 bits per heavy atom. The lowest BCUT2D eigenvalue weighted by atomic mass is 10.1. The number of halogens is 3. The Kier molecular flexibility index (Phi) is 5.48. The second-order valence-corrected chi connectivity index (χ2v) is 5.56. The lowest BCUT2D eigenvalue weighted by Crippen LogP contribution is -2.47. The van der Waals surface area contributed by atoms with E-state index in [1.54, 1.807) is 0 Å². The van der Waals surface area contributed by atoms with Gasteiger partial charge in [-0.3, -0.25) is 4.79 Å². The van der Waals surface area contributed by atoms with Crippen LogP contribution in [-0.2, 0) is 11.0 Å². The minimum atomic E-state index is -4.38. The molecule has 0 aromatic heterocycles. The average molecular weight is 341 g/mol. The predicted octanol–water partition coefficient (Wildman–Crippen LogP) is 2.38. The lowest BCUT2D eigenvalue weighted by molar-refractivity contribution is -0.137. The lowest BCUT2D eigenvalue weighted by Gasteiger charge is -2.30. The van der Waals surface area contributed by atoms with Gasteiger partial charge in [-0.2, -0.15) is 13.2 Å². The summed E-state index contributed by atoms with van der Waals surface area (Å²) in [4.78, 5) is 24.4. The summed E-state index contributed by atoms with van der Waals surface area (Å²) in [5, 5.41) is 2.80. The molecule has 130 valence electrons. The Labute approximate surface area is 137 Å². The minimum Gasteiger partial charge on any atom is -0.351 e. The van der Waals surface area contributed by atoms with Crippen LogP contribution in [0.25, 0.3) is 6.08 Å². The molecule has 0 saturated carbocycles. The van der Waals surface area contributed by atoms with Gasteiger partial charge in [-0.25, -0.2) is 4.79 Å². The third-order valence-corrected chi connectivity index (χ3v) is 3.82. The Morgan fingerprint density at radius 3 is 2.25 bits per heavy atom. The molecule has 1 heterocycles. The maximum Gasteiger partial charge on any atom is 0.416 e. The molecule has 1 aromatic rings. The van der Waals surface area contributed by atoms with Crippen molar-refractivity contribution < 1.29 is 22.8 Å². The maximum atomic E-state index is 12.5. The first-order valence-corrected chi connectivity index (χ1v) is 7.46. The van der Waals surface area contributed by atoms with E-state index in [-0.39, 0.29) is 11.9 Å². The Hall–Kier alpha value is -2.51. The van der Waals surface area contributed by atoms with E-state index in [1.165, 1.54) is 29.2 Å². The van der Waals surface area contributed by atoms with E-state index < -0.39 is 17.8 Å². The summed E-state index contributed by atoms with van der Waals surface area (Å²) < 4.78 is 37.4. The number of primary amides is 1. The number of hydrogen-bond acceptors (Lipinski definition) is 2. The predicted molar refractivity (Wildman–Crippen MR) is 82.8 cm³/mol. The number of hydrogen-bond donors (Lipinski definition) is 2. The largest absolute Gasteiger partial charge is 0.416 e. The molecule has 3 N–H and O–H groups in total. The molecule has 2 rings (SSSR count). The zero-order valence-electron chi connectivity index (χ0n) is 12.8. The molecule has 0 unspecified atom stereocenters. The third-order valence-electron chi connectivity index (χ3n) is 3.82. The number of piperidine rings is 1. The second kappa shape index (κ2) is 7.37. The van der Waals surface area contributed by atoms with E-state index in [2.05, 4.69) is 5.32 Å². The minimum absolute atomic E-state index is 0.0506. The fourth-order valence-electron chi connectivity index (χ4n) is 2.45. The van der Waals surface area contributed by atoms with Gasteiger partial charge in [-0.15, -0.1) is 0 Å². The van der Waals surface area contributed by atoms with Crippen molar-refractivity contribution in [3.63, 3.8) is 0 Å². The van der Waals surface area contributed by atoms with Crippen LogP contribution in [0, 0.1) is 0 Å². The molecule has 24 heavy (non-hydrogen) atoms. The maximum absolute atomic E-state index is 12.5. The van der Waals surface area contributed by atoms with Gasteiger partial charge in [0.25, 0.3) is 0 Å². The van der Waals surface area contributed by atoms with Gasteiger partial charge in [0.05, 0.1) is 5.56 Å². The van der Waals surface area contributed by atoms with Crippen molar-refractivity contribution in [2.45, 2.75) is 25.1 Å². The molecule has 3 amide bonds. The highest BCUT2D eigenvalue weighted by atomic mass is 19.4. The molecule has 1 aliphatic heterocycles. The normalized spacial score (nSPS) is 16.4. The highest BCUT2D eigenvalue weighted by Gasteiger charge is 2.29. The number of carbonyl (C=O) groups excluding carboxylic acids is 2. The molecule has 0 atom stereocenters. The smallest absolute Gasteiger partial charge is 0.351 e. The number of nitrogens with two attached hydrogens (primary N) is 1. The van der Waals surface area contributed by atoms with E-state index in [1.807, 2.05) is 0 Å². The van der Waals surface area contributed by atoms with Crippen LogP contribution in [-0.4, -0.2) is 36.0 Å². The van der Waals surface area contributed by atoms with Crippen molar-refractivity contribution in [1.29, 1.82) is 0 Å². The number of nitrogens with one attached hydrogen (secondary N) is 1. The third kappa shape index (κ3) is 5.00. The highest BCUT2D eigenvalue weighted by Crippen LogP contribution is 2.29. The zero-order valence-corrected chi connectivity index (χ0v) is 12.8. The Balaban J connectivity index is 1.84. The molecule has 1 aromatic carbocycles. The molecule has 0 aliphatic carbocycles. The molecule has 0 radical (unpaired) electrons. The summed E-state index contributed by atoms with van der Waals surface area (Å²) in [5.74, 6) is -0.326. The number of urea groups is 1. The molecule has 1 aliphatic rings. The molecule has 5 nitrogen and oxygen atoms in total. The number of alkyl halides is 3. The van der Waals surface area contributed by atoms with Crippen LogP contribution in [0.2, 0.25) is 0 Å². The number of amides is 3. The second-order valence-electron chi connectivity index (χ2n) is 5.56. The zero-order chi connectivity index (χ0) is 17.7. The number of benzene rings is 1. The van der Waals surface area contributed by atoms with E-state index >= 15 is 0 Å². The first-order chi connectivity index (χ1) is 11.3. The van der Waals surface area contributed by atoms with Gasteiger partial charge < -0.3 is 16.0 Å². The molecule has 8 heteroatoms. The van der Waals surface area contributed by atoms with Gasteiger partial charge in [0, 0.05) is 25.2 Å². The first kappa shape index (κ1) is 17.8. The summed E-state index contributed by atoms with van der Waals surface area (Å²) in [5.41, 5.74) is 4.95. The molecule has 0 bridgehead atoms. The summed E-state index contributed by atoms with van der Waals surface area (Å²) in [6.45, 7) is 0.978. The van der Waals surface area contributed by atoms with Gasteiger partial charge in [-0.1, -0.05) is 12.1 Å². The van der Waals surface area contributed by atoms with Gasteiger partial charge in [0.2, 0.25) is 5.91 Å². The van der Waals surface area contributed by atoms with Crippen LogP contribution < -0.4 is 11.1 Å². The van der Waals surface area contributed by atoms with E-state index in [9.17, 15) is 22.8 Å². The van der Waals surface area contributed by atoms with Crippen molar-refractivity contribution in [2.24, 2.45) is 5.73 Å². The van der Waals surface area contributed by atoms with Crippen LogP contribution in [0.4, 0.5) is 18.0 Å². The van der Waals surface area contributed by atoms with Crippen LogP contribution in [0.3, 0.4) is 0 Å². The summed E-state index contributed by atoms with van der Waals surface area (Å²) in [6, 6.07) is 4.02. The molecular weight excluding hydrogens is 323 g/mol. The van der Waals surface area contributed by atoms with Crippen LogP contribution >= 0.6 is 0 Å². The van der Waals surface area contributed by atoms with Gasteiger partial charge >= 0.3 is 12.2 Å². The van der Waals surface area contributed by atoms with Crippen LogP contribution in [0.5, 0.6) is 0 Å². The van der Waals surface area contributed by atoms with Gasteiger partial charge in [0.15, 0.2) is 0 Å². The fraction of sp³-hybridized carbons (Fsp3) is 0.375. The van der Waals surface area contributed by atoms with E-state index in [0.29, 0.717) is 31.5 Å². The molecule has 1 saturated heterocycles. The topological polar surface area (TPSA) is 75.4 Å². The van der Waals surface area contributed by atoms with Crippen molar-refractivity contribution in [3.8, 4) is 0 Å². The summed E-state index contributed by atoms with van der Waals surface area (Å²) >= 11 is 0. The highest BCUT2D eigenvalue weighted by molar-refractivity contribution is 5.91. The summed E-state index contributed by atoms with van der Waals surface area (Å²) in [7, 11) is 0. The summed E-state index contributed by atoms with van der Waals surface area (Å²) in [6.07, 6.45) is -0.415. The van der Waals surface area contributed by atoms with Gasteiger partial charge in [0.1, 0.15) is 0 Å². The van der Waals surface area contributed by atoms with Crippen molar-refractivity contribution in [3.05, 3.63) is 41.5 Å². The number of nitrogens with zero attached hydrogens (tertiary/aromatic N) is 1. The molecule has 1 fully saturated rings.